The molecule has 0 aliphatic rings. The quantitative estimate of drug-likeness (QED) is 0.918. The molecule has 0 spiro atoms. The number of aryl methyl sites for hydroxylation is 2. The standard InChI is InChI=1S/C15H18N2O3S/c1-10-6-13(21-9-10)15(19)16-4-5-17-11(2)7-12(20-3)8-14(17)18/h6-9H,4-5H2,1-3H3,(H,16,19). The summed E-state index contributed by atoms with van der Waals surface area (Å²) in [5.74, 6) is 0.444. The number of nitrogens with one attached hydrogen (secondary N) is 1. The largest absolute Gasteiger partial charge is 0.496 e. The Bertz CT molecular complexity index is 703. The molecule has 0 unspecified atom stereocenters. The van der Waals surface area contributed by atoms with Crippen LogP contribution in [0, 0.1) is 13.8 Å². The van der Waals surface area contributed by atoms with Crippen molar-refractivity contribution in [2.24, 2.45) is 0 Å². The van der Waals surface area contributed by atoms with Gasteiger partial charge in [0.15, 0.2) is 0 Å². The fourth-order valence-electron chi connectivity index (χ4n) is 2.02. The Morgan fingerprint density at radius 2 is 2.10 bits per heavy atom. The van der Waals surface area contributed by atoms with E-state index < -0.39 is 0 Å². The predicted molar refractivity (Wildman–Crippen MR) is 83.4 cm³/mol. The zero-order valence-electron chi connectivity index (χ0n) is 12.3. The Kier molecular flexibility index (Phi) is 4.80. The van der Waals surface area contributed by atoms with Crippen molar-refractivity contribution in [1.82, 2.24) is 9.88 Å². The molecule has 21 heavy (non-hydrogen) atoms. The summed E-state index contributed by atoms with van der Waals surface area (Å²) in [6.07, 6.45) is 0. The summed E-state index contributed by atoms with van der Waals surface area (Å²) < 4.78 is 6.67. The van der Waals surface area contributed by atoms with E-state index in [2.05, 4.69) is 5.32 Å². The summed E-state index contributed by atoms with van der Waals surface area (Å²) in [5.41, 5.74) is 1.75. The lowest BCUT2D eigenvalue weighted by atomic mass is 10.3. The van der Waals surface area contributed by atoms with Crippen LogP contribution in [0.25, 0.3) is 0 Å². The van der Waals surface area contributed by atoms with E-state index in [1.165, 1.54) is 24.5 Å². The maximum atomic E-state index is 11.9. The summed E-state index contributed by atoms with van der Waals surface area (Å²) in [6.45, 7) is 4.63. The monoisotopic (exact) mass is 306 g/mol. The van der Waals surface area contributed by atoms with Crippen LogP contribution in [0.3, 0.4) is 0 Å². The molecule has 0 aliphatic heterocycles. The molecule has 0 bridgehead atoms. The molecular weight excluding hydrogens is 288 g/mol. The summed E-state index contributed by atoms with van der Waals surface area (Å²) in [5, 5.41) is 4.76. The number of carbonyl (C=O) groups is 1. The van der Waals surface area contributed by atoms with Crippen LogP contribution >= 0.6 is 11.3 Å². The van der Waals surface area contributed by atoms with Crippen molar-refractivity contribution in [3.05, 3.63) is 50.1 Å². The lowest BCUT2D eigenvalue weighted by molar-refractivity contribution is 0.0956. The average Bonchev–Trinajstić information content (AvgIpc) is 2.88. The number of thiophene rings is 1. The number of amides is 1. The second kappa shape index (κ2) is 6.58. The van der Waals surface area contributed by atoms with E-state index in [4.69, 9.17) is 4.74 Å². The van der Waals surface area contributed by atoms with Gasteiger partial charge in [-0.3, -0.25) is 9.59 Å². The molecule has 2 heterocycles. The van der Waals surface area contributed by atoms with Gasteiger partial charge in [-0.2, -0.15) is 0 Å². The van der Waals surface area contributed by atoms with Crippen LogP contribution in [-0.4, -0.2) is 24.1 Å². The fraction of sp³-hybridized carbons (Fsp3) is 0.333. The second-order valence-corrected chi connectivity index (χ2v) is 5.68. The van der Waals surface area contributed by atoms with Crippen molar-refractivity contribution < 1.29 is 9.53 Å². The number of rotatable bonds is 5. The maximum Gasteiger partial charge on any atom is 0.261 e. The van der Waals surface area contributed by atoms with Gasteiger partial charge in [-0.05, 0) is 36.9 Å². The van der Waals surface area contributed by atoms with E-state index in [9.17, 15) is 9.59 Å². The van der Waals surface area contributed by atoms with Gasteiger partial charge in [0.2, 0.25) is 0 Å². The summed E-state index contributed by atoms with van der Waals surface area (Å²) in [6, 6.07) is 5.09. The molecule has 2 aromatic heterocycles. The third kappa shape index (κ3) is 3.72. The van der Waals surface area contributed by atoms with E-state index in [0.717, 1.165) is 11.3 Å². The van der Waals surface area contributed by atoms with Crippen molar-refractivity contribution >= 4 is 17.2 Å². The first-order valence-corrected chi connectivity index (χ1v) is 7.48. The van der Waals surface area contributed by atoms with Crippen molar-refractivity contribution in [3.63, 3.8) is 0 Å². The molecule has 0 radical (unpaired) electrons. The van der Waals surface area contributed by atoms with E-state index >= 15 is 0 Å². The number of nitrogens with zero attached hydrogens (tertiary/aromatic N) is 1. The van der Waals surface area contributed by atoms with Crippen molar-refractivity contribution in [2.75, 3.05) is 13.7 Å². The van der Waals surface area contributed by atoms with Gasteiger partial charge in [-0.1, -0.05) is 0 Å². The van der Waals surface area contributed by atoms with E-state index in [-0.39, 0.29) is 11.5 Å². The SMILES string of the molecule is COc1cc(C)n(CCNC(=O)c2cc(C)cs2)c(=O)c1. The molecule has 0 aliphatic carbocycles. The molecule has 0 saturated carbocycles. The minimum absolute atomic E-state index is 0.104. The molecule has 2 aromatic rings. The van der Waals surface area contributed by atoms with Gasteiger partial charge in [0.05, 0.1) is 12.0 Å². The summed E-state index contributed by atoms with van der Waals surface area (Å²) in [4.78, 5) is 24.5. The average molecular weight is 306 g/mol. The van der Waals surface area contributed by atoms with Crippen LogP contribution < -0.4 is 15.6 Å². The molecule has 1 amide bonds. The Morgan fingerprint density at radius 1 is 1.33 bits per heavy atom. The first kappa shape index (κ1) is 15.3. The lowest BCUT2D eigenvalue weighted by Gasteiger charge is -2.11. The highest BCUT2D eigenvalue weighted by Gasteiger charge is 2.08. The lowest BCUT2D eigenvalue weighted by Crippen LogP contribution is -2.31. The van der Waals surface area contributed by atoms with E-state index in [0.29, 0.717) is 23.7 Å². The highest BCUT2D eigenvalue weighted by atomic mass is 32.1. The predicted octanol–water partition coefficient (Wildman–Crippen LogP) is 1.97. The number of carbonyl (C=O) groups excluding carboxylic acids is 1. The van der Waals surface area contributed by atoms with Gasteiger partial charge in [0.25, 0.3) is 11.5 Å². The number of aromatic nitrogens is 1. The molecular formula is C15H18N2O3S. The van der Waals surface area contributed by atoms with Gasteiger partial charge < -0.3 is 14.6 Å². The second-order valence-electron chi connectivity index (χ2n) is 4.77. The van der Waals surface area contributed by atoms with Gasteiger partial charge in [-0.15, -0.1) is 11.3 Å². The fourth-order valence-corrected chi connectivity index (χ4v) is 2.84. The molecule has 0 saturated heterocycles. The van der Waals surface area contributed by atoms with Crippen LogP contribution in [0.5, 0.6) is 5.75 Å². The van der Waals surface area contributed by atoms with Crippen LogP contribution in [0.15, 0.2) is 28.4 Å². The van der Waals surface area contributed by atoms with Gasteiger partial charge in [0, 0.05) is 24.8 Å². The van der Waals surface area contributed by atoms with Crippen molar-refractivity contribution in [1.29, 1.82) is 0 Å². The minimum atomic E-state index is -0.131. The molecule has 0 aromatic carbocycles. The highest BCUT2D eigenvalue weighted by molar-refractivity contribution is 7.12. The number of methoxy groups -OCH3 is 1. The first-order valence-electron chi connectivity index (χ1n) is 6.60. The molecule has 5 nitrogen and oxygen atoms in total. The minimum Gasteiger partial charge on any atom is -0.496 e. The Hall–Kier alpha value is -2.08. The van der Waals surface area contributed by atoms with Crippen molar-refractivity contribution in [2.45, 2.75) is 20.4 Å². The normalized spacial score (nSPS) is 10.4. The highest BCUT2D eigenvalue weighted by Crippen LogP contribution is 2.13. The van der Waals surface area contributed by atoms with Crippen LogP contribution in [0.1, 0.15) is 20.9 Å². The molecule has 6 heteroatoms. The zero-order valence-corrected chi connectivity index (χ0v) is 13.1. The third-order valence-corrected chi connectivity index (χ3v) is 4.17. The topological polar surface area (TPSA) is 60.3 Å². The third-order valence-electron chi connectivity index (χ3n) is 3.12. The number of ether oxygens (including phenoxy) is 1. The maximum absolute atomic E-state index is 11.9. The summed E-state index contributed by atoms with van der Waals surface area (Å²) >= 11 is 1.42. The number of pyridine rings is 1. The number of hydrogen-bond acceptors (Lipinski definition) is 4. The molecule has 2 rings (SSSR count). The van der Waals surface area contributed by atoms with Gasteiger partial charge >= 0.3 is 0 Å². The van der Waals surface area contributed by atoms with Gasteiger partial charge in [0.1, 0.15) is 5.75 Å². The summed E-state index contributed by atoms with van der Waals surface area (Å²) in [7, 11) is 1.53. The van der Waals surface area contributed by atoms with Crippen molar-refractivity contribution in [3.8, 4) is 5.75 Å². The molecule has 1 N–H and O–H groups in total. The number of hydrogen-bond donors (Lipinski definition) is 1. The van der Waals surface area contributed by atoms with Crippen LogP contribution in [-0.2, 0) is 6.54 Å². The Labute approximate surface area is 127 Å². The van der Waals surface area contributed by atoms with Gasteiger partial charge in [-0.25, -0.2) is 0 Å². The Morgan fingerprint density at radius 3 is 2.67 bits per heavy atom. The van der Waals surface area contributed by atoms with E-state index in [1.807, 2.05) is 25.3 Å². The smallest absolute Gasteiger partial charge is 0.261 e. The first-order chi connectivity index (χ1) is 10.0. The molecule has 0 atom stereocenters. The van der Waals surface area contributed by atoms with Crippen LogP contribution in [0.2, 0.25) is 0 Å². The molecule has 112 valence electrons. The zero-order chi connectivity index (χ0) is 15.4. The molecule has 0 fully saturated rings. The van der Waals surface area contributed by atoms with E-state index in [1.54, 1.807) is 10.6 Å². The Balaban J connectivity index is 1.98. The van der Waals surface area contributed by atoms with Crippen LogP contribution in [0.4, 0.5) is 0 Å².